The monoisotopic (exact) mass is 249 g/mol. The third-order valence-electron chi connectivity index (χ3n) is 3.63. The van der Waals surface area contributed by atoms with E-state index in [2.05, 4.69) is 48.5 Å². The van der Waals surface area contributed by atoms with E-state index in [4.69, 9.17) is 5.73 Å². The summed E-state index contributed by atoms with van der Waals surface area (Å²) in [4.78, 5) is 0. The molecule has 1 heteroatoms. The average molecular weight is 249 g/mol. The zero-order chi connectivity index (χ0) is 13.1. The molecule has 0 aliphatic heterocycles. The van der Waals surface area contributed by atoms with Crippen molar-refractivity contribution in [2.75, 3.05) is 5.73 Å². The Bertz CT molecular complexity index is 580. The largest absolute Gasteiger partial charge is 0.399 e. The molecule has 0 saturated heterocycles. The Morgan fingerprint density at radius 1 is 1.00 bits per heavy atom. The van der Waals surface area contributed by atoms with Gasteiger partial charge in [-0.3, -0.25) is 0 Å². The number of nitrogens with two attached hydrogens (primary N) is 1. The van der Waals surface area contributed by atoms with Crippen LogP contribution < -0.4 is 5.73 Å². The minimum absolute atomic E-state index is 0.825. The maximum Gasteiger partial charge on any atom is 0.0320 e. The lowest BCUT2D eigenvalue weighted by molar-refractivity contribution is 0.864. The van der Waals surface area contributed by atoms with Gasteiger partial charge >= 0.3 is 0 Å². The van der Waals surface area contributed by atoms with Crippen molar-refractivity contribution >= 4 is 11.3 Å². The van der Waals surface area contributed by atoms with Crippen molar-refractivity contribution in [2.45, 2.75) is 19.3 Å². The van der Waals surface area contributed by atoms with Crippen LogP contribution in [0.2, 0.25) is 0 Å². The molecular weight excluding hydrogens is 230 g/mol. The molecule has 0 heterocycles. The fourth-order valence-electron chi connectivity index (χ4n) is 2.36. The topological polar surface area (TPSA) is 26.0 Å². The number of allylic oxidation sites excluding steroid dienone is 1. The highest BCUT2D eigenvalue weighted by atomic mass is 14.5. The quantitative estimate of drug-likeness (QED) is 0.793. The van der Waals surface area contributed by atoms with Crippen LogP contribution in [-0.4, -0.2) is 0 Å². The van der Waals surface area contributed by atoms with Gasteiger partial charge in [0.15, 0.2) is 0 Å². The minimum atomic E-state index is 0.825. The number of nitrogen functional groups attached to an aromatic ring is 1. The second kappa shape index (κ2) is 5.31. The molecule has 2 aromatic rings. The second-order valence-corrected chi connectivity index (χ2v) is 5.29. The van der Waals surface area contributed by atoms with Crippen LogP contribution in [0.25, 0.3) is 5.57 Å². The predicted octanol–water partition coefficient (Wildman–Crippen LogP) is 4.50. The first-order valence-electron chi connectivity index (χ1n) is 6.94. The molecule has 0 unspecified atom stereocenters. The fourth-order valence-corrected chi connectivity index (χ4v) is 2.36. The molecule has 0 spiro atoms. The molecule has 1 fully saturated rings. The SMILES string of the molecule is Nc1cccc(C(=CCC2CC2)c2ccccc2)c1. The molecule has 96 valence electrons. The minimum Gasteiger partial charge on any atom is -0.399 e. The van der Waals surface area contributed by atoms with E-state index in [-0.39, 0.29) is 0 Å². The van der Waals surface area contributed by atoms with Crippen LogP contribution in [0.3, 0.4) is 0 Å². The Balaban J connectivity index is 1.98. The number of rotatable bonds is 4. The first-order valence-corrected chi connectivity index (χ1v) is 6.94. The van der Waals surface area contributed by atoms with Crippen LogP contribution in [0.15, 0.2) is 60.7 Å². The maximum absolute atomic E-state index is 5.92. The van der Waals surface area contributed by atoms with Gasteiger partial charge < -0.3 is 5.73 Å². The molecule has 1 aliphatic rings. The van der Waals surface area contributed by atoms with Crippen LogP contribution >= 0.6 is 0 Å². The molecule has 1 aliphatic carbocycles. The highest BCUT2D eigenvalue weighted by molar-refractivity contribution is 5.80. The van der Waals surface area contributed by atoms with Crippen molar-refractivity contribution in [3.8, 4) is 0 Å². The Morgan fingerprint density at radius 3 is 2.42 bits per heavy atom. The van der Waals surface area contributed by atoms with E-state index in [0.717, 1.165) is 11.6 Å². The number of hydrogen-bond acceptors (Lipinski definition) is 1. The number of benzene rings is 2. The first kappa shape index (κ1) is 12.0. The zero-order valence-electron chi connectivity index (χ0n) is 11.0. The van der Waals surface area contributed by atoms with Gasteiger partial charge in [-0.15, -0.1) is 0 Å². The first-order chi connectivity index (χ1) is 9.33. The summed E-state index contributed by atoms with van der Waals surface area (Å²) >= 11 is 0. The van der Waals surface area contributed by atoms with Gasteiger partial charge in [0.05, 0.1) is 0 Å². The maximum atomic E-state index is 5.92. The lowest BCUT2D eigenvalue weighted by Crippen LogP contribution is -1.91. The van der Waals surface area contributed by atoms with Gasteiger partial charge in [-0.25, -0.2) is 0 Å². The molecule has 0 atom stereocenters. The van der Waals surface area contributed by atoms with E-state index in [1.807, 2.05) is 12.1 Å². The zero-order valence-corrected chi connectivity index (χ0v) is 11.0. The summed E-state index contributed by atoms with van der Waals surface area (Å²) in [5.41, 5.74) is 10.5. The molecule has 1 nitrogen and oxygen atoms in total. The third kappa shape index (κ3) is 3.05. The average Bonchev–Trinajstić information content (AvgIpc) is 3.25. The van der Waals surface area contributed by atoms with E-state index in [1.165, 1.54) is 36.0 Å². The van der Waals surface area contributed by atoms with Gasteiger partial charge in [0.1, 0.15) is 0 Å². The molecule has 0 amide bonds. The van der Waals surface area contributed by atoms with Crippen molar-refractivity contribution in [3.63, 3.8) is 0 Å². The van der Waals surface area contributed by atoms with Crippen LogP contribution in [0, 0.1) is 5.92 Å². The summed E-state index contributed by atoms with van der Waals surface area (Å²) in [7, 11) is 0. The molecule has 0 radical (unpaired) electrons. The highest BCUT2D eigenvalue weighted by Crippen LogP contribution is 2.35. The smallest absolute Gasteiger partial charge is 0.0320 e. The number of hydrogen-bond donors (Lipinski definition) is 1. The van der Waals surface area contributed by atoms with Crippen molar-refractivity contribution < 1.29 is 0 Å². The standard InChI is InChI=1S/C18H19N/c19-17-8-4-7-16(13-17)18(12-11-14-9-10-14)15-5-2-1-3-6-15/h1-8,12-14H,9-11,19H2. The molecule has 19 heavy (non-hydrogen) atoms. The Hall–Kier alpha value is -2.02. The summed E-state index contributed by atoms with van der Waals surface area (Å²) in [6.45, 7) is 0. The predicted molar refractivity (Wildman–Crippen MR) is 81.7 cm³/mol. The molecule has 2 aromatic carbocycles. The lowest BCUT2D eigenvalue weighted by atomic mass is 9.96. The van der Waals surface area contributed by atoms with Crippen LogP contribution in [0.4, 0.5) is 5.69 Å². The van der Waals surface area contributed by atoms with E-state index in [1.54, 1.807) is 0 Å². The lowest BCUT2D eigenvalue weighted by Gasteiger charge is -2.09. The normalized spacial score (nSPS) is 15.5. The summed E-state index contributed by atoms with van der Waals surface area (Å²) < 4.78 is 0. The second-order valence-electron chi connectivity index (χ2n) is 5.29. The Morgan fingerprint density at radius 2 is 1.74 bits per heavy atom. The van der Waals surface area contributed by atoms with E-state index >= 15 is 0 Å². The van der Waals surface area contributed by atoms with E-state index in [9.17, 15) is 0 Å². The molecule has 3 rings (SSSR count). The third-order valence-corrected chi connectivity index (χ3v) is 3.63. The van der Waals surface area contributed by atoms with Gasteiger partial charge in [0, 0.05) is 5.69 Å². The molecular formula is C18H19N. The summed E-state index contributed by atoms with van der Waals surface area (Å²) in [5, 5.41) is 0. The van der Waals surface area contributed by atoms with E-state index in [0.29, 0.717) is 0 Å². The molecule has 0 aromatic heterocycles. The van der Waals surface area contributed by atoms with Crippen LogP contribution in [-0.2, 0) is 0 Å². The van der Waals surface area contributed by atoms with Gasteiger partial charge in [-0.05, 0) is 54.0 Å². The summed E-state index contributed by atoms with van der Waals surface area (Å²) in [6, 6.07) is 18.7. The summed E-state index contributed by atoms with van der Waals surface area (Å²) in [5.74, 6) is 0.903. The number of anilines is 1. The van der Waals surface area contributed by atoms with E-state index < -0.39 is 0 Å². The van der Waals surface area contributed by atoms with Gasteiger partial charge in [-0.2, -0.15) is 0 Å². The molecule has 1 saturated carbocycles. The van der Waals surface area contributed by atoms with Crippen LogP contribution in [0.5, 0.6) is 0 Å². The Kier molecular flexibility index (Phi) is 3.37. The molecule has 0 bridgehead atoms. The van der Waals surface area contributed by atoms with Crippen molar-refractivity contribution in [3.05, 3.63) is 71.8 Å². The van der Waals surface area contributed by atoms with Gasteiger partial charge in [0.25, 0.3) is 0 Å². The van der Waals surface area contributed by atoms with Gasteiger partial charge in [0.2, 0.25) is 0 Å². The highest BCUT2D eigenvalue weighted by Gasteiger charge is 2.20. The van der Waals surface area contributed by atoms with Crippen molar-refractivity contribution in [2.24, 2.45) is 5.92 Å². The van der Waals surface area contributed by atoms with Crippen molar-refractivity contribution in [1.29, 1.82) is 0 Å². The van der Waals surface area contributed by atoms with Crippen LogP contribution in [0.1, 0.15) is 30.4 Å². The van der Waals surface area contributed by atoms with Gasteiger partial charge in [-0.1, -0.05) is 48.5 Å². The molecule has 2 N–H and O–H groups in total. The van der Waals surface area contributed by atoms with Crippen molar-refractivity contribution in [1.82, 2.24) is 0 Å². The fraction of sp³-hybridized carbons (Fsp3) is 0.222. The Labute approximate surface area is 114 Å². The summed E-state index contributed by atoms with van der Waals surface area (Å²) in [6.07, 6.45) is 6.33.